The summed E-state index contributed by atoms with van der Waals surface area (Å²) in [5.74, 6) is -3.79. The van der Waals surface area contributed by atoms with Crippen LogP contribution in [0.5, 0.6) is 0 Å². The third-order valence-electron chi connectivity index (χ3n) is 4.34. The van der Waals surface area contributed by atoms with Crippen molar-refractivity contribution in [1.82, 2.24) is 0 Å². The van der Waals surface area contributed by atoms with Gasteiger partial charge in [-0.2, -0.15) is 0 Å². The molecular formula is C21H18O6. The van der Waals surface area contributed by atoms with E-state index in [0.717, 1.165) is 0 Å². The van der Waals surface area contributed by atoms with Gasteiger partial charge in [0.15, 0.2) is 17.5 Å². The zero-order chi connectivity index (χ0) is 19.6. The van der Waals surface area contributed by atoms with E-state index >= 15 is 0 Å². The highest BCUT2D eigenvalue weighted by molar-refractivity contribution is 6.29. The molecule has 0 saturated carbocycles. The molecule has 0 atom stereocenters. The van der Waals surface area contributed by atoms with Gasteiger partial charge >= 0.3 is 11.9 Å². The average Bonchev–Trinajstić information content (AvgIpc) is 2.66. The second-order valence-electron chi connectivity index (χ2n) is 5.91. The van der Waals surface area contributed by atoms with Crippen molar-refractivity contribution < 1.29 is 28.7 Å². The van der Waals surface area contributed by atoms with Crippen molar-refractivity contribution in [2.45, 2.75) is 19.8 Å². The van der Waals surface area contributed by atoms with Crippen LogP contribution in [0.25, 0.3) is 0 Å². The quantitative estimate of drug-likeness (QED) is 0.510. The van der Waals surface area contributed by atoms with Crippen LogP contribution in [0.3, 0.4) is 0 Å². The lowest BCUT2D eigenvalue weighted by Gasteiger charge is -2.23. The minimum atomic E-state index is -1.43. The van der Waals surface area contributed by atoms with Crippen molar-refractivity contribution in [2.24, 2.45) is 0 Å². The summed E-state index contributed by atoms with van der Waals surface area (Å²) in [4.78, 5) is 50.8. The Hall–Kier alpha value is -3.28. The molecule has 6 nitrogen and oxygen atoms in total. The maximum absolute atomic E-state index is 13.1. The molecule has 138 valence electrons. The Morgan fingerprint density at radius 2 is 1.30 bits per heavy atom. The van der Waals surface area contributed by atoms with Crippen LogP contribution in [0, 0.1) is 0 Å². The molecule has 0 N–H and O–H groups in total. The molecule has 0 fully saturated rings. The second kappa shape index (κ2) is 7.53. The number of ketones is 2. The van der Waals surface area contributed by atoms with E-state index < -0.39 is 23.6 Å². The lowest BCUT2D eigenvalue weighted by molar-refractivity contribution is -0.156. The van der Waals surface area contributed by atoms with Crippen LogP contribution in [0.2, 0.25) is 0 Å². The molecule has 0 aliphatic heterocycles. The summed E-state index contributed by atoms with van der Waals surface area (Å²) in [6.07, 6.45) is 0. The Balaban J connectivity index is 2.20. The molecular weight excluding hydrogens is 348 g/mol. The molecule has 2 aromatic carbocycles. The maximum atomic E-state index is 13.1. The number of benzene rings is 2. The molecule has 0 heterocycles. The number of rotatable bonds is 5. The normalized spacial score (nSPS) is 12.4. The first-order valence-electron chi connectivity index (χ1n) is 8.65. The lowest BCUT2D eigenvalue weighted by Crippen LogP contribution is -2.30. The van der Waals surface area contributed by atoms with Gasteiger partial charge in [0.1, 0.15) is 0 Å². The van der Waals surface area contributed by atoms with Crippen LogP contribution >= 0.6 is 0 Å². The minimum Gasteiger partial charge on any atom is -0.465 e. The van der Waals surface area contributed by atoms with Gasteiger partial charge < -0.3 is 9.47 Å². The van der Waals surface area contributed by atoms with Gasteiger partial charge in [-0.3, -0.25) is 19.2 Å². The Bertz CT molecular complexity index is 925. The van der Waals surface area contributed by atoms with E-state index in [1.165, 1.54) is 12.1 Å². The zero-order valence-corrected chi connectivity index (χ0v) is 15.0. The minimum absolute atomic E-state index is 0.0484. The fourth-order valence-corrected chi connectivity index (χ4v) is 3.21. The van der Waals surface area contributed by atoms with E-state index in [-0.39, 0.29) is 41.3 Å². The monoisotopic (exact) mass is 366 g/mol. The first-order chi connectivity index (χ1) is 13.0. The predicted molar refractivity (Wildman–Crippen MR) is 95.8 cm³/mol. The molecule has 0 aromatic heterocycles. The first-order valence-corrected chi connectivity index (χ1v) is 8.65. The van der Waals surface area contributed by atoms with Crippen molar-refractivity contribution >= 4 is 23.5 Å². The summed E-state index contributed by atoms with van der Waals surface area (Å²) < 4.78 is 10.0. The van der Waals surface area contributed by atoms with Gasteiger partial charge in [-0.25, -0.2) is 0 Å². The number of carbonyl (C=O) groups excluding carboxylic acids is 4. The topological polar surface area (TPSA) is 86.7 Å². The van der Waals surface area contributed by atoms with Gasteiger partial charge in [-0.1, -0.05) is 42.5 Å². The van der Waals surface area contributed by atoms with E-state index in [1.807, 2.05) is 0 Å². The Morgan fingerprint density at radius 3 is 1.85 bits per heavy atom. The van der Waals surface area contributed by atoms with Crippen LogP contribution in [0.15, 0.2) is 42.5 Å². The molecule has 0 bridgehead atoms. The third-order valence-corrected chi connectivity index (χ3v) is 4.34. The summed E-state index contributed by atoms with van der Waals surface area (Å²) in [5, 5.41) is 0. The number of esters is 2. The van der Waals surface area contributed by atoms with Gasteiger partial charge in [-0.15, -0.1) is 0 Å². The first kappa shape index (κ1) is 18.5. The van der Waals surface area contributed by atoms with Crippen molar-refractivity contribution in [2.75, 3.05) is 13.2 Å². The van der Waals surface area contributed by atoms with Crippen molar-refractivity contribution in [3.8, 4) is 0 Å². The van der Waals surface area contributed by atoms with Crippen LogP contribution < -0.4 is 0 Å². The fourth-order valence-electron chi connectivity index (χ4n) is 3.21. The summed E-state index contributed by atoms with van der Waals surface area (Å²) in [6.45, 7) is 3.37. The SMILES string of the molecule is CCOC(=O)C(C(=O)OCC)c1cccc2c1C(=O)c1ccccc1C2=O. The molecule has 0 saturated heterocycles. The number of fused-ring (bicyclic) bond motifs is 2. The molecule has 3 rings (SSSR count). The van der Waals surface area contributed by atoms with Crippen molar-refractivity contribution in [3.63, 3.8) is 0 Å². The van der Waals surface area contributed by atoms with Gasteiger partial charge in [0, 0.05) is 22.3 Å². The second-order valence-corrected chi connectivity index (χ2v) is 5.91. The average molecular weight is 366 g/mol. The van der Waals surface area contributed by atoms with Crippen LogP contribution in [-0.2, 0) is 19.1 Å². The van der Waals surface area contributed by atoms with E-state index in [2.05, 4.69) is 0 Å². The number of hydrogen-bond donors (Lipinski definition) is 0. The lowest BCUT2D eigenvalue weighted by atomic mass is 9.79. The fraction of sp³-hybridized carbons (Fsp3) is 0.238. The van der Waals surface area contributed by atoms with Crippen molar-refractivity contribution in [1.29, 1.82) is 0 Å². The zero-order valence-electron chi connectivity index (χ0n) is 15.0. The molecule has 1 aliphatic rings. The molecule has 2 aromatic rings. The van der Waals surface area contributed by atoms with Crippen molar-refractivity contribution in [3.05, 3.63) is 70.3 Å². The third kappa shape index (κ3) is 3.14. The van der Waals surface area contributed by atoms with Crippen LogP contribution in [0.4, 0.5) is 0 Å². The Morgan fingerprint density at radius 1 is 0.778 bits per heavy atom. The highest BCUT2D eigenvalue weighted by Crippen LogP contribution is 2.33. The van der Waals surface area contributed by atoms with E-state index in [9.17, 15) is 19.2 Å². The Kier molecular flexibility index (Phi) is 5.16. The van der Waals surface area contributed by atoms with Gasteiger partial charge in [0.25, 0.3) is 0 Å². The molecule has 0 amide bonds. The van der Waals surface area contributed by atoms with Gasteiger partial charge in [0.05, 0.1) is 13.2 Å². The maximum Gasteiger partial charge on any atom is 0.324 e. The highest BCUT2D eigenvalue weighted by Gasteiger charge is 2.39. The molecule has 6 heteroatoms. The summed E-state index contributed by atoms with van der Waals surface area (Å²) in [5.41, 5.74) is 0.879. The molecule has 0 unspecified atom stereocenters. The molecule has 0 radical (unpaired) electrons. The molecule has 27 heavy (non-hydrogen) atoms. The Labute approximate surface area is 156 Å². The number of ether oxygens (including phenoxy) is 2. The van der Waals surface area contributed by atoms with Gasteiger partial charge in [0.2, 0.25) is 0 Å². The summed E-state index contributed by atoms with van der Waals surface area (Å²) >= 11 is 0. The number of hydrogen-bond acceptors (Lipinski definition) is 6. The van der Waals surface area contributed by atoms with Gasteiger partial charge in [-0.05, 0) is 19.4 Å². The van der Waals surface area contributed by atoms with Crippen LogP contribution in [0.1, 0.15) is 57.2 Å². The smallest absolute Gasteiger partial charge is 0.324 e. The van der Waals surface area contributed by atoms with E-state index in [1.54, 1.807) is 44.2 Å². The summed E-state index contributed by atoms with van der Waals surface area (Å²) in [6, 6.07) is 11.0. The summed E-state index contributed by atoms with van der Waals surface area (Å²) in [7, 11) is 0. The number of carbonyl (C=O) groups is 4. The van der Waals surface area contributed by atoms with E-state index in [4.69, 9.17) is 9.47 Å². The largest absolute Gasteiger partial charge is 0.465 e. The molecule has 0 spiro atoms. The van der Waals surface area contributed by atoms with E-state index in [0.29, 0.717) is 5.56 Å². The van der Waals surface area contributed by atoms with Crippen LogP contribution in [-0.4, -0.2) is 36.7 Å². The molecule has 1 aliphatic carbocycles. The predicted octanol–water partition coefficient (Wildman–Crippen LogP) is 2.67. The highest BCUT2D eigenvalue weighted by atomic mass is 16.6. The standard InChI is InChI=1S/C21H18O6/c1-3-26-20(24)17(21(25)27-4-2)14-10-7-11-15-16(14)19(23)13-9-6-5-8-12(13)18(15)22/h5-11,17H,3-4H2,1-2H3.